The monoisotopic (exact) mass is 279 g/mol. The van der Waals surface area contributed by atoms with E-state index in [2.05, 4.69) is 11.4 Å². The first-order valence-electron chi connectivity index (χ1n) is 5.81. The van der Waals surface area contributed by atoms with Gasteiger partial charge in [0, 0.05) is 16.6 Å². The molecule has 2 aromatic carbocycles. The zero-order chi connectivity index (χ0) is 13.1. The second kappa shape index (κ2) is 5.75. The van der Waals surface area contributed by atoms with Crippen LogP contribution in [0.15, 0.2) is 36.4 Å². The summed E-state index contributed by atoms with van der Waals surface area (Å²) in [5.41, 5.74) is 4.54. The molecule has 0 fully saturated rings. The zero-order valence-corrected chi connectivity index (χ0v) is 11.9. The molecule has 0 aliphatic carbocycles. The van der Waals surface area contributed by atoms with Crippen molar-refractivity contribution in [1.82, 2.24) is 5.32 Å². The fourth-order valence-corrected chi connectivity index (χ4v) is 2.32. The van der Waals surface area contributed by atoms with E-state index in [0.717, 1.165) is 33.3 Å². The van der Waals surface area contributed by atoms with Crippen molar-refractivity contribution in [3.63, 3.8) is 0 Å². The Morgan fingerprint density at radius 1 is 1.06 bits per heavy atom. The number of halogens is 2. The van der Waals surface area contributed by atoms with Gasteiger partial charge in [-0.3, -0.25) is 0 Å². The highest BCUT2D eigenvalue weighted by atomic mass is 35.5. The van der Waals surface area contributed by atoms with Gasteiger partial charge in [-0.15, -0.1) is 0 Å². The fraction of sp³-hybridized carbons (Fsp3) is 0.200. The number of benzene rings is 2. The Morgan fingerprint density at radius 2 is 1.83 bits per heavy atom. The molecule has 0 saturated heterocycles. The van der Waals surface area contributed by atoms with Crippen molar-refractivity contribution < 1.29 is 0 Å². The predicted octanol–water partition coefficient (Wildman–Crippen LogP) is 4.69. The lowest BCUT2D eigenvalue weighted by Gasteiger charge is -2.11. The van der Waals surface area contributed by atoms with Crippen molar-refractivity contribution in [2.75, 3.05) is 7.05 Å². The molecule has 0 aliphatic heterocycles. The first kappa shape index (κ1) is 13.4. The van der Waals surface area contributed by atoms with Gasteiger partial charge >= 0.3 is 0 Å². The molecule has 0 bridgehead atoms. The van der Waals surface area contributed by atoms with E-state index in [1.54, 1.807) is 0 Å². The van der Waals surface area contributed by atoms with Gasteiger partial charge in [0.15, 0.2) is 0 Å². The smallest absolute Gasteiger partial charge is 0.0441 e. The molecule has 0 unspecified atom stereocenters. The maximum Gasteiger partial charge on any atom is 0.0441 e. The molecule has 0 aliphatic rings. The summed E-state index contributed by atoms with van der Waals surface area (Å²) in [7, 11) is 1.92. The third kappa shape index (κ3) is 2.86. The summed E-state index contributed by atoms with van der Waals surface area (Å²) in [6, 6.07) is 12.1. The second-order valence-corrected chi connectivity index (χ2v) is 5.14. The van der Waals surface area contributed by atoms with Gasteiger partial charge in [-0.2, -0.15) is 0 Å². The molecule has 0 saturated carbocycles. The number of nitrogens with one attached hydrogen (secondary N) is 1. The minimum absolute atomic E-state index is 0.752. The molecule has 18 heavy (non-hydrogen) atoms. The Bertz CT molecular complexity index is 564. The van der Waals surface area contributed by atoms with Gasteiger partial charge in [0.2, 0.25) is 0 Å². The van der Waals surface area contributed by atoms with Gasteiger partial charge in [-0.05, 0) is 54.4 Å². The van der Waals surface area contributed by atoms with E-state index in [9.17, 15) is 0 Å². The molecule has 94 valence electrons. The molecule has 2 aromatic rings. The standard InChI is InChI=1S/C15H15Cl2N/c1-10-3-4-11(8-15(10)17)14-6-5-13(16)7-12(14)9-18-2/h3-8,18H,9H2,1-2H3. The maximum atomic E-state index is 6.18. The van der Waals surface area contributed by atoms with Crippen LogP contribution in [0, 0.1) is 6.92 Å². The topological polar surface area (TPSA) is 12.0 Å². The average molecular weight is 280 g/mol. The quantitative estimate of drug-likeness (QED) is 0.860. The Morgan fingerprint density at radius 3 is 2.50 bits per heavy atom. The third-order valence-corrected chi connectivity index (χ3v) is 3.56. The Hall–Kier alpha value is -1.02. The summed E-state index contributed by atoms with van der Waals surface area (Å²) in [5, 5.41) is 4.70. The predicted molar refractivity (Wildman–Crippen MR) is 79.4 cm³/mol. The summed E-state index contributed by atoms with van der Waals surface area (Å²) < 4.78 is 0. The van der Waals surface area contributed by atoms with E-state index in [-0.39, 0.29) is 0 Å². The summed E-state index contributed by atoms with van der Waals surface area (Å²) in [6.45, 7) is 2.78. The summed E-state index contributed by atoms with van der Waals surface area (Å²) in [5.74, 6) is 0. The molecule has 0 amide bonds. The minimum atomic E-state index is 0.752. The first-order valence-corrected chi connectivity index (χ1v) is 6.57. The van der Waals surface area contributed by atoms with Gasteiger partial charge in [0.1, 0.15) is 0 Å². The van der Waals surface area contributed by atoms with Crippen LogP contribution in [-0.2, 0) is 6.54 Å². The van der Waals surface area contributed by atoms with Crippen molar-refractivity contribution in [1.29, 1.82) is 0 Å². The Labute approximate surface area is 118 Å². The van der Waals surface area contributed by atoms with E-state index >= 15 is 0 Å². The minimum Gasteiger partial charge on any atom is -0.316 e. The normalized spacial score (nSPS) is 10.7. The van der Waals surface area contributed by atoms with E-state index in [4.69, 9.17) is 23.2 Å². The van der Waals surface area contributed by atoms with Crippen molar-refractivity contribution >= 4 is 23.2 Å². The van der Waals surface area contributed by atoms with E-state index < -0.39 is 0 Å². The van der Waals surface area contributed by atoms with E-state index in [0.29, 0.717) is 0 Å². The summed E-state index contributed by atoms with van der Waals surface area (Å²) in [4.78, 5) is 0. The summed E-state index contributed by atoms with van der Waals surface area (Å²) in [6.07, 6.45) is 0. The average Bonchev–Trinajstić information content (AvgIpc) is 2.34. The van der Waals surface area contributed by atoms with Crippen molar-refractivity contribution in [2.45, 2.75) is 13.5 Å². The van der Waals surface area contributed by atoms with Crippen LogP contribution in [0.5, 0.6) is 0 Å². The lowest BCUT2D eigenvalue weighted by Crippen LogP contribution is -2.06. The molecular formula is C15H15Cl2N. The van der Waals surface area contributed by atoms with Crippen LogP contribution < -0.4 is 5.32 Å². The van der Waals surface area contributed by atoms with Crippen LogP contribution in [0.4, 0.5) is 0 Å². The van der Waals surface area contributed by atoms with Crippen LogP contribution in [0.25, 0.3) is 11.1 Å². The highest BCUT2D eigenvalue weighted by molar-refractivity contribution is 6.31. The van der Waals surface area contributed by atoms with Gasteiger partial charge in [0.05, 0.1) is 0 Å². The SMILES string of the molecule is CNCc1cc(Cl)ccc1-c1ccc(C)c(Cl)c1. The molecule has 2 rings (SSSR count). The van der Waals surface area contributed by atoms with Crippen LogP contribution in [0.3, 0.4) is 0 Å². The van der Waals surface area contributed by atoms with Gasteiger partial charge in [-0.25, -0.2) is 0 Å². The van der Waals surface area contributed by atoms with Crippen LogP contribution in [0.1, 0.15) is 11.1 Å². The van der Waals surface area contributed by atoms with Gasteiger partial charge in [0.25, 0.3) is 0 Å². The van der Waals surface area contributed by atoms with Crippen LogP contribution >= 0.6 is 23.2 Å². The number of hydrogen-bond donors (Lipinski definition) is 1. The summed E-state index contributed by atoms with van der Waals surface area (Å²) >= 11 is 12.2. The van der Waals surface area contributed by atoms with Crippen molar-refractivity contribution in [2.24, 2.45) is 0 Å². The van der Waals surface area contributed by atoms with E-state index in [1.165, 1.54) is 5.56 Å². The largest absolute Gasteiger partial charge is 0.316 e. The molecule has 0 atom stereocenters. The molecule has 0 radical (unpaired) electrons. The lowest BCUT2D eigenvalue weighted by atomic mass is 9.99. The highest BCUT2D eigenvalue weighted by Gasteiger charge is 2.07. The maximum absolute atomic E-state index is 6.18. The molecule has 1 nitrogen and oxygen atoms in total. The molecule has 0 spiro atoms. The number of aryl methyl sites for hydroxylation is 1. The molecule has 0 aromatic heterocycles. The number of rotatable bonds is 3. The molecule has 1 N–H and O–H groups in total. The lowest BCUT2D eigenvalue weighted by molar-refractivity contribution is 0.819. The zero-order valence-electron chi connectivity index (χ0n) is 10.4. The molecular weight excluding hydrogens is 265 g/mol. The Kier molecular flexibility index (Phi) is 4.28. The van der Waals surface area contributed by atoms with Crippen LogP contribution in [0.2, 0.25) is 10.0 Å². The Balaban J connectivity index is 2.51. The van der Waals surface area contributed by atoms with Gasteiger partial charge in [-0.1, -0.05) is 41.4 Å². The van der Waals surface area contributed by atoms with Crippen LogP contribution in [-0.4, -0.2) is 7.05 Å². The fourth-order valence-electron chi connectivity index (χ4n) is 1.94. The second-order valence-electron chi connectivity index (χ2n) is 4.30. The molecule has 0 heterocycles. The molecule has 3 heteroatoms. The van der Waals surface area contributed by atoms with Crippen molar-refractivity contribution in [3.05, 3.63) is 57.6 Å². The third-order valence-electron chi connectivity index (χ3n) is 2.92. The first-order chi connectivity index (χ1) is 8.61. The van der Waals surface area contributed by atoms with Gasteiger partial charge < -0.3 is 5.32 Å². The number of hydrogen-bond acceptors (Lipinski definition) is 1. The highest BCUT2D eigenvalue weighted by Crippen LogP contribution is 2.29. The van der Waals surface area contributed by atoms with Crippen molar-refractivity contribution in [3.8, 4) is 11.1 Å². The van der Waals surface area contributed by atoms with E-state index in [1.807, 2.05) is 44.3 Å².